The molecule has 1 aromatic rings. The normalized spacial score (nSPS) is 18.5. The summed E-state index contributed by atoms with van der Waals surface area (Å²) in [6.45, 7) is 0.886. The minimum atomic E-state index is 0.102. The Balaban J connectivity index is 1.64. The van der Waals surface area contributed by atoms with Crippen molar-refractivity contribution in [3.8, 4) is 23.3 Å². The van der Waals surface area contributed by atoms with Crippen molar-refractivity contribution in [1.29, 1.82) is 5.26 Å². The van der Waals surface area contributed by atoms with Gasteiger partial charge in [0.1, 0.15) is 5.75 Å². The highest BCUT2D eigenvalue weighted by Crippen LogP contribution is 2.49. The first-order valence-electron chi connectivity index (χ1n) is 5.71. The van der Waals surface area contributed by atoms with Crippen molar-refractivity contribution in [2.45, 2.75) is 19.3 Å². The second-order valence-electron chi connectivity index (χ2n) is 4.64. The molecule has 1 aromatic carbocycles. The van der Waals surface area contributed by atoms with Crippen molar-refractivity contribution in [2.24, 2.45) is 5.41 Å². The minimum absolute atomic E-state index is 0.102. The van der Waals surface area contributed by atoms with E-state index < -0.39 is 0 Å². The zero-order valence-electron chi connectivity index (χ0n) is 9.44. The highest BCUT2D eigenvalue weighted by atomic mass is 16.7. The van der Waals surface area contributed by atoms with E-state index in [2.05, 4.69) is 6.07 Å². The van der Waals surface area contributed by atoms with Gasteiger partial charge in [-0.05, 0) is 25.0 Å². The molecule has 88 valence electrons. The molecule has 0 atom stereocenters. The molecule has 1 fully saturated rings. The molecule has 0 spiro atoms. The molecular weight excluding hydrogens is 218 g/mol. The molecule has 0 aromatic heterocycles. The van der Waals surface area contributed by atoms with Gasteiger partial charge in [-0.2, -0.15) is 5.26 Å². The van der Waals surface area contributed by atoms with E-state index in [0.29, 0.717) is 13.0 Å². The van der Waals surface area contributed by atoms with Crippen LogP contribution in [0.15, 0.2) is 18.2 Å². The van der Waals surface area contributed by atoms with E-state index in [1.54, 1.807) is 0 Å². The van der Waals surface area contributed by atoms with Gasteiger partial charge in [0.2, 0.25) is 6.79 Å². The topological polar surface area (TPSA) is 51.5 Å². The molecule has 2 aliphatic rings. The molecule has 0 saturated heterocycles. The maximum atomic E-state index is 8.72. The fourth-order valence-corrected chi connectivity index (χ4v) is 1.92. The van der Waals surface area contributed by atoms with Crippen molar-refractivity contribution in [3.05, 3.63) is 18.2 Å². The maximum Gasteiger partial charge on any atom is 0.231 e. The van der Waals surface area contributed by atoms with Gasteiger partial charge >= 0.3 is 0 Å². The van der Waals surface area contributed by atoms with Crippen molar-refractivity contribution in [1.82, 2.24) is 0 Å². The zero-order valence-corrected chi connectivity index (χ0v) is 9.44. The van der Waals surface area contributed by atoms with Crippen LogP contribution in [0.2, 0.25) is 0 Å². The number of hydrogen-bond acceptors (Lipinski definition) is 4. The predicted octanol–water partition coefficient (Wildman–Crippen LogP) is 2.49. The van der Waals surface area contributed by atoms with E-state index in [4.69, 9.17) is 19.5 Å². The third-order valence-corrected chi connectivity index (χ3v) is 3.30. The molecule has 0 amide bonds. The zero-order chi connectivity index (χ0) is 11.7. The monoisotopic (exact) mass is 231 g/mol. The van der Waals surface area contributed by atoms with E-state index in [-0.39, 0.29) is 12.2 Å². The summed E-state index contributed by atoms with van der Waals surface area (Å²) in [7, 11) is 0. The lowest BCUT2D eigenvalue weighted by atomic mass is 10.1. The van der Waals surface area contributed by atoms with E-state index >= 15 is 0 Å². The van der Waals surface area contributed by atoms with Crippen LogP contribution in [0.3, 0.4) is 0 Å². The lowest BCUT2D eigenvalue weighted by Gasteiger charge is -2.12. The highest BCUT2D eigenvalue weighted by molar-refractivity contribution is 5.46. The Kier molecular flexibility index (Phi) is 2.32. The van der Waals surface area contributed by atoms with Crippen LogP contribution in [-0.4, -0.2) is 13.4 Å². The Labute approximate surface area is 99.7 Å². The summed E-state index contributed by atoms with van der Waals surface area (Å²) in [5.41, 5.74) is 0.102. The molecule has 4 nitrogen and oxygen atoms in total. The summed E-state index contributed by atoms with van der Waals surface area (Å²) in [5, 5.41) is 8.72. The number of rotatable bonds is 4. The Morgan fingerprint density at radius 3 is 2.88 bits per heavy atom. The molecule has 4 heteroatoms. The average molecular weight is 231 g/mol. The highest BCUT2D eigenvalue weighted by Gasteiger charge is 2.43. The van der Waals surface area contributed by atoms with Crippen LogP contribution in [0.5, 0.6) is 17.2 Å². The van der Waals surface area contributed by atoms with Gasteiger partial charge in [0.05, 0.1) is 12.7 Å². The summed E-state index contributed by atoms with van der Waals surface area (Å²) in [4.78, 5) is 0. The van der Waals surface area contributed by atoms with Crippen molar-refractivity contribution < 1.29 is 14.2 Å². The molecule has 0 radical (unpaired) electrons. The SMILES string of the molecule is N#CCC1(COc2ccc3c(c2)OCO3)CC1. The van der Waals surface area contributed by atoms with Gasteiger partial charge in [-0.25, -0.2) is 0 Å². The summed E-state index contributed by atoms with van der Waals surface area (Å²) < 4.78 is 16.2. The second-order valence-corrected chi connectivity index (χ2v) is 4.64. The van der Waals surface area contributed by atoms with E-state index in [1.807, 2.05) is 18.2 Å². The third kappa shape index (κ3) is 2.01. The first-order valence-corrected chi connectivity index (χ1v) is 5.71. The number of nitriles is 1. The van der Waals surface area contributed by atoms with Gasteiger partial charge in [0, 0.05) is 17.9 Å². The van der Waals surface area contributed by atoms with Crippen molar-refractivity contribution in [3.63, 3.8) is 0 Å². The summed E-state index contributed by atoms with van der Waals surface area (Å²) in [6, 6.07) is 7.78. The molecule has 1 aliphatic heterocycles. The molecule has 17 heavy (non-hydrogen) atoms. The third-order valence-electron chi connectivity index (χ3n) is 3.30. The van der Waals surface area contributed by atoms with Crippen LogP contribution in [-0.2, 0) is 0 Å². The molecule has 0 unspecified atom stereocenters. The number of hydrogen-bond donors (Lipinski definition) is 0. The molecule has 1 aliphatic carbocycles. The second kappa shape index (κ2) is 3.85. The van der Waals surface area contributed by atoms with Crippen LogP contribution in [0.4, 0.5) is 0 Å². The lowest BCUT2D eigenvalue weighted by molar-refractivity contribution is 0.173. The molecule has 0 N–H and O–H groups in total. The van der Waals surface area contributed by atoms with Gasteiger partial charge in [-0.1, -0.05) is 0 Å². The first-order chi connectivity index (χ1) is 8.31. The Morgan fingerprint density at radius 1 is 1.29 bits per heavy atom. The molecule has 3 rings (SSSR count). The van der Waals surface area contributed by atoms with Crippen LogP contribution in [0, 0.1) is 16.7 Å². The van der Waals surface area contributed by atoms with E-state index in [0.717, 1.165) is 30.1 Å². The first kappa shape index (κ1) is 10.3. The maximum absolute atomic E-state index is 8.72. The van der Waals surface area contributed by atoms with Gasteiger partial charge in [-0.3, -0.25) is 0 Å². The van der Waals surface area contributed by atoms with Crippen molar-refractivity contribution in [2.75, 3.05) is 13.4 Å². The molecular formula is C13H13NO3. The summed E-state index contributed by atoms with van der Waals surface area (Å²) >= 11 is 0. The lowest BCUT2D eigenvalue weighted by Crippen LogP contribution is -2.12. The smallest absolute Gasteiger partial charge is 0.231 e. The fraction of sp³-hybridized carbons (Fsp3) is 0.462. The quantitative estimate of drug-likeness (QED) is 0.798. The van der Waals surface area contributed by atoms with E-state index in [9.17, 15) is 0 Å². The average Bonchev–Trinajstić information content (AvgIpc) is 2.95. The van der Waals surface area contributed by atoms with Gasteiger partial charge in [0.25, 0.3) is 0 Å². The summed E-state index contributed by atoms with van der Waals surface area (Å²) in [5.74, 6) is 2.27. The largest absolute Gasteiger partial charge is 0.493 e. The minimum Gasteiger partial charge on any atom is -0.493 e. The fourth-order valence-electron chi connectivity index (χ4n) is 1.92. The molecule has 1 heterocycles. The Bertz CT molecular complexity index is 474. The number of fused-ring (bicyclic) bond motifs is 1. The van der Waals surface area contributed by atoms with Crippen molar-refractivity contribution >= 4 is 0 Å². The number of ether oxygens (including phenoxy) is 3. The van der Waals surface area contributed by atoms with Crippen LogP contribution in [0.1, 0.15) is 19.3 Å². The number of nitrogens with zero attached hydrogens (tertiary/aromatic N) is 1. The summed E-state index contributed by atoms with van der Waals surface area (Å²) in [6.07, 6.45) is 2.76. The standard InChI is InChI=1S/C13H13NO3/c14-6-5-13(3-4-13)8-15-10-1-2-11-12(7-10)17-9-16-11/h1-2,7H,3-5,8-9H2. The van der Waals surface area contributed by atoms with Crippen LogP contribution >= 0.6 is 0 Å². The molecule has 0 bridgehead atoms. The van der Waals surface area contributed by atoms with Gasteiger partial charge in [0.15, 0.2) is 11.5 Å². The number of benzene rings is 1. The van der Waals surface area contributed by atoms with Crippen LogP contribution in [0.25, 0.3) is 0 Å². The van der Waals surface area contributed by atoms with Gasteiger partial charge < -0.3 is 14.2 Å². The van der Waals surface area contributed by atoms with Crippen LogP contribution < -0.4 is 14.2 Å². The van der Waals surface area contributed by atoms with Gasteiger partial charge in [-0.15, -0.1) is 0 Å². The Morgan fingerprint density at radius 2 is 2.12 bits per heavy atom. The predicted molar refractivity (Wildman–Crippen MR) is 60.0 cm³/mol. The molecule has 1 saturated carbocycles. The Hall–Kier alpha value is -1.89. The van der Waals surface area contributed by atoms with E-state index in [1.165, 1.54) is 0 Å².